The molecule has 2 atom stereocenters. The van der Waals surface area contributed by atoms with Gasteiger partial charge in [-0.25, -0.2) is 0 Å². The van der Waals surface area contributed by atoms with E-state index in [4.69, 9.17) is 16.3 Å². The number of morpholine rings is 1. The lowest BCUT2D eigenvalue weighted by molar-refractivity contribution is -0.118. The van der Waals surface area contributed by atoms with E-state index in [0.29, 0.717) is 12.2 Å². The quantitative estimate of drug-likeness (QED) is 0.578. The lowest BCUT2D eigenvalue weighted by Gasteiger charge is -2.35. The van der Waals surface area contributed by atoms with Crippen LogP contribution in [0.2, 0.25) is 0 Å². The second kappa shape index (κ2) is 7.90. The molecule has 17 heavy (non-hydrogen) atoms. The average Bonchev–Trinajstić information content (AvgIpc) is 2.27. The summed E-state index contributed by atoms with van der Waals surface area (Å²) in [6, 6.07) is 0. The van der Waals surface area contributed by atoms with Crippen molar-refractivity contribution in [3.63, 3.8) is 0 Å². The molecule has 0 aromatic carbocycles. The number of halogens is 1. The van der Waals surface area contributed by atoms with Gasteiger partial charge in [0.1, 0.15) is 5.88 Å². The molecule has 0 saturated carbocycles. The Labute approximate surface area is 109 Å². The lowest BCUT2D eigenvalue weighted by Crippen LogP contribution is -2.45. The summed E-state index contributed by atoms with van der Waals surface area (Å²) in [5.74, 6) is -0.0290. The van der Waals surface area contributed by atoms with Crippen LogP contribution >= 0.6 is 11.6 Å². The van der Waals surface area contributed by atoms with Crippen LogP contribution in [0.1, 0.15) is 26.7 Å². The van der Waals surface area contributed by atoms with Crippen molar-refractivity contribution in [3.05, 3.63) is 0 Å². The van der Waals surface area contributed by atoms with Crippen LogP contribution < -0.4 is 5.32 Å². The number of alkyl halides is 1. The highest BCUT2D eigenvalue weighted by Crippen LogP contribution is 2.10. The van der Waals surface area contributed by atoms with Gasteiger partial charge in [0, 0.05) is 19.6 Å². The van der Waals surface area contributed by atoms with Crippen molar-refractivity contribution < 1.29 is 9.53 Å². The third-order valence-corrected chi connectivity index (χ3v) is 3.08. The van der Waals surface area contributed by atoms with Crippen molar-refractivity contribution in [2.24, 2.45) is 0 Å². The molecule has 1 rings (SSSR count). The Morgan fingerprint density at radius 1 is 1.35 bits per heavy atom. The fraction of sp³-hybridized carbons (Fsp3) is 0.917. The predicted octanol–water partition coefficient (Wildman–Crippen LogP) is 1.23. The minimum absolute atomic E-state index is 0.0541. The molecule has 100 valence electrons. The van der Waals surface area contributed by atoms with Gasteiger partial charge in [0.15, 0.2) is 0 Å². The van der Waals surface area contributed by atoms with Crippen molar-refractivity contribution in [1.82, 2.24) is 10.2 Å². The second-order valence-corrected chi connectivity index (χ2v) is 4.97. The van der Waals surface area contributed by atoms with Crippen molar-refractivity contribution in [2.75, 3.05) is 32.1 Å². The lowest BCUT2D eigenvalue weighted by atomic mass is 10.2. The number of nitrogens with one attached hydrogen (secondary N) is 1. The Kier molecular flexibility index (Phi) is 6.85. The Balaban J connectivity index is 2.04. The van der Waals surface area contributed by atoms with Gasteiger partial charge in [-0.15, -0.1) is 11.6 Å². The summed E-state index contributed by atoms with van der Waals surface area (Å²) in [6.45, 7) is 8.05. The number of carbonyl (C=O) groups is 1. The van der Waals surface area contributed by atoms with Crippen LogP contribution in [0.5, 0.6) is 0 Å². The van der Waals surface area contributed by atoms with Crippen LogP contribution in [0.25, 0.3) is 0 Å². The van der Waals surface area contributed by atoms with E-state index in [1.807, 2.05) is 0 Å². The maximum Gasteiger partial charge on any atom is 0.234 e. The Morgan fingerprint density at radius 2 is 2.00 bits per heavy atom. The van der Waals surface area contributed by atoms with Crippen molar-refractivity contribution in [3.8, 4) is 0 Å². The summed E-state index contributed by atoms with van der Waals surface area (Å²) < 4.78 is 5.68. The molecular weight excluding hydrogens is 240 g/mol. The number of unbranched alkanes of at least 4 members (excludes halogenated alkanes) is 1. The number of ether oxygens (including phenoxy) is 1. The van der Waals surface area contributed by atoms with E-state index in [2.05, 4.69) is 24.1 Å². The van der Waals surface area contributed by atoms with Gasteiger partial charge in [0.05, 0.1) is 12.2 Å². The van der Waals surface area contributed by atoms with Gasteiger partial charge in [-0.1, -0.05) is 0 Å². The minimum atomic E-state index is -0.0831. The zero-order chi connectivity index (χ0) is 12.7. The summed E-state index contributed by atoms with van der Waals surface area (Å²) in [5.41, 5.74) is 0. The second-order valence-electron chi connectivity index (χ2n) is 4.71. The van der Waals surface area contributed by atoms with Crippen LogP contribution in [0.3, 0.4) is 0 Å². The van der Waals surface area contributed by atoms with Crippen LogP contribution in [0.15, 0.2) is 0 Å². The smallest absolute Gasteiger partial charge is 0.234 e. The van der Waals surface area contributed by atoms with Gasteiger partial charge in [-0.3, -0.25) is 9.69 Å². The van der Waals surface area contributed by atoms with Gasteiger partial charge in [0.2, 0.25) is 5.91 Å². The van der Waals surface area contributed by atoms with Crippen LogP contribution in [0, 0.1) is 0 Å². The topological polar surface area (TPSA) is 41.6 Å². The first-order valence-corrected chi connectivity index (χ1v) is 6.85. The van der Waals surface area contributed by atoms with E-state index < -0.39 is 0 Å². The summed E-state index contributed by atoms with van der Waals surface area (Å²) in [6.07, 6.45) is 2.76. The summed E-state index contributed by atoms with van der Waals surface area (Å²) >= 11 is 5.38. The molecule has 5 heteroatoms. The normalized spacial score (nSPS) is 25.8. The Hall–Kier alpha value is -0.320. The van der Waals surface area contributed by atoms with E-state index in [1.54, 1.807) is 0 Å². The molecule has 1 aliphatic rings. The summed E-state index contributed by atoms with van der Waals surface area (Å²) in [5, 5.41) is 2.77. The highest BCUT2D eigenvalue weighted by Gasteiger charge is 2.21. The predicted molar refractivity (Wildman–Crippen MR) is 69.4 cm³/mol. The van der Waals surface area contributed by atoms with Crippen molar-refractivity contribution in [1.29, 1.82) is 0 Å². The molecule has 2 unspecified atom stereocenters. The monoisotopic (exact) mass is 262 g/mol. The van der Waals surface area contributed by atoms with E-state index in [9.17, 15) is 4.79 Å². The zero-order valence-electron chi connectivity index (χ0n) is 10.7. The minimum Gasteiger partial charge on any atom is -0.373 e. The molecule has 4 nitrogen and oxygen atoms in total. The van der Waals surface area contributed by atoms with E-state index in [1.165, 1.54) is 0 Å². The average molecular weight is 263 g/mol. The molecule has 0 aliphatic carbocycles. The number of rotatable bonds is 6. The van der Waals surface area contributed by atoms with E-state index in [0.717, 1.165) is 39.0 Å². The van der Waals surface area contributed by atoms with Gasteiger partial charge in [0.25, 0.3) is 0 Å². The molecule has 1 N–H and O–H groups in total. The number of hydrogen-bond donors (Lipinski definition) is 1. The van der Waals surface area contributed by atoms with Crippen LogP contribution in [0.4, 0.5) is 0 Å². The van der Waals surface area contributed by atoms with Crippen LogP contribution in [-0.4, -0.2) is 55.1 Å². The van der Waals surface area contributed by atoms with E-state index >= 15 is 0 Å². The SMILES string of the molecule is CC1CN(CCCCNC(=O)CCl)CC(C)O1. The van der Waals surface area contributed by atoms with E-state index in [-0.39, 0.29) is 11.8 Å². The molecule has 0 aromatic rings. The van der Waals surface area contributed by atoms with Crippen molar-refractivity contribution in [2.45, 2.75) is 38.9 Å². The first-order chi connectivity index (χ1) is 8.11. The van der Waals surface area contributed by atoms with Gasteiger partial charge < -0.3 is 10.1 Å². The maximum absolute atomic E-state index is 10.9. The summed E-state index contributed by atoms with van der Waals surface area (Å²) in [7, 11) is 0. The number of amides is 1. The van der Waals surface area contributed by atoms with Gasteiger partial charge in [-0.2, -0.15) is 0 Å². The van der Waals surface area contributed by atoms with Gasteiger partial charge >= 0.3 is 0 Å². The molecule has 1 saturated heterocycles. The summed E-state index contributed by atoms with van der Waals surface area (Å²) in [4.78, 5) is 13.3. The molecular formula is C12H23ClN2O2. The highest BCUT2D eigenvalue weighted by molar-refractivity contribution is 6.27. The number of carbonyl (C=O) groups excluding carboxylic acids is 1. The highest BCUT2D eigenvalue weighted by atomic mass is 35.5. The number of nitrogens with zero attached hydrogens (tertiary/aromatic N) is 1. The maximum atomic E-state index is 10.9. The Bertz CT molecular complexity index is 229. The largest absolute Gasteiger partial charge is 0.373 e. The molecule has 0 bridgehead atoms. The molecule has 1 aliphatic heterocycles. The first kappa shape index (κ1) is 14.7. The van der Waals surface area contributed by atoms with Gasteiger partial charge in [-0.05, 0) is 33.2 Å². The molecule has 1 heterocycles. The third kappa shape index (κ3) is 6.24. The number of hydrogen-bond acceptors (Lipinski definition) is 3. The van der Waals surface area contributed by atoms with Crippen LogP contribution in [-0.2, 0) is 9.53 Å². The molecule has 1 fully saturated rings. The molecule has 0 spiro atoms. The molecule has 0 aromatic heterocycles. The zero-order valence-corrected chi connectivity index (χ0v) is 11.5. The molecule has 0 radical (unpaired) electrons. The first-order valence-electron chi connectivity index (χ1n) is 6.32. The third-order valence-electron chi connectivity index (χ3n) is 2.84. The standard InChI is InChI=1S/C12H23ClN2O2/c1-10-8-15(9-11(2)17-10)6-4-3-5-14-12(16)7-13/h10-11H,3-9H2,1-2H3,(H,14,16). The fourth-order valence-electron chi connectivity index (χ4n) is 2.20. The molecule has 1 amide bonds. The van der Waals surface area contributed by atoms with Crippen molar-refractivity contribution >= 4 is 17.5 Å². The Morgan fingerprint density at radius 3 is 2.59 bits per heavy atom. The fourth-order valence-corrected chi connectivity index (χ4v) is 2.30.